The fraction of sp³-hybridized carbons (Fsp3) is 0.333. The van der Waals surface area contributed by atoms with Crippen molar-refractivity contribution in [3.05, 3.63) is 34.1 Å². The Kier molecular flexibility index (Phi) is 4.80. The summed E-state index contributed by atoms with van der Waals surface area (Å²) in [7, 11) is 0. The number of terminal acetylenes is 1. The third kappa shape index (κ3) is 3.65. The lowest BCUT2D eigenvalue weighted by molar-refractivity contribution is 0.556. The molecule has 0 aromatic heterocycles. The van der Waals surface area contributed by atoms with E-state index in [2.05, 4.69) is 27.2 Å². The Hall–Kier alpha value is -0.850. The number of nitrogens with one attached hydrogen (secondary N) is 1. The molecule has 1 rings (SSSR count). The Bertz CT molecular complexity index is 370. The first kappa shape index (κ1) is 12.2. The number of benzene rings is 1. The summed E-state index contributed by atoms with van der Waals surface area (Å²) in [4.78, 5) is 0. The minimum atomic E-state index is -0.211. The highest BCUT2D eigenvalue weighted by molar-refractivity contribution is 9.10. The van der Waals surface area contributed by atoms with Crippen LogP contribution in [0.5, 0.6) is 0 Å². The minimum absolute atomic E-state index is 0.00313. The highest BCUT2D eigenvalue weighted by atomic mass is 79.9. The van der Waals surface area contributed by atoms with Gasteiger partial charge in [-0.05, 0) is 24.6 Å². The van der Waals surface area contributed by atoms with E-state index >= 15 is 0 Å². The number of hydrogen-bond acceptors (Lipinski definition) is 1. The number of hydrogen-bond donors (Lipinski definition) is 1. The Labute approximate surface area is 98.2 Å². The molecule has 1 N–H and O–H groups in total. The molecule has 0 amide bonds. The second-order valence-electron chi connectivity index (χ2n) is 3.24. The van der Waals surface area contributed by atoms with Crippen LogP contribution in [0, 0.1) is 18.2 Å². The summed E-state index contributed by atoms with van der Waals surface area (Å²) < 4.78 is 14.2. The van der Waals surface area contributed by atoms with Crippen LogP contribution < -0.4 is 5.32 Å². The summed E-state index contributed by atoms with van der Waals surface area (Å²) in [6.07, 6.45) is 6.14. The fourth-order valence-electron chi connectivity index (χ4n) is 1.23. The molecule has 0 bridgehead atoms. The first-order chi connectivity index (χ1) is 7.17. The zero-order chi connectivity index (χ0) is 11.3. The molecule has 80 valence electrons. The van der Waals surface area contributed by atoms with Crippen LogP contribution in [0.1, 0.15) is 18.9 Å². The van der Waals surface area contributed by atoms with E-state index in [-0.39, 0.29) is 11.9 Å². The Balaban J connectivity index is 2.65. The molecule has 1 aromatic rings. The van der Waals surface area contributed by atoms with Gasteiger partial charge in [-0.2, -0.15) is 0 Å². The van der Waals surface area contributed by atoms with E-state index in [1.807, 2.05) is 6.92 Å². The molecular formula is C12H13BrFN. The van der Waals surface area contributed by atoms with Crippen LogP contribution in [-0.4, -0.2) is 6.04 Å². The monoisotopic (exact) mass is 269 g/mol. The molecule has 0 aliphatic heterocycles. The highest BCUT2D eigenvalue weighted by Crippen LogP contribution is 2.15. The van der Waals surface area contributed by atoms with Gasteiger partial charge in [-0.3, -0.25) is 5.32 Å². The van der Waals surface area contributed by atoms with Crippen LogP contribution in [0.4, 0.5) is 4.39 Å². The predicted molar refractivity (Wildman–Crippen MR) is 63.9 cm³/mol. The van der Waals surface area contributed by atoms with Crippen LogP contribution in [0.25, 0.3) is 0 Å². The predicted octanol–water partition coefficient (Wildman–Crippen LogP) is 3.09. The first-order valence-electron chi connectivity index (χ1n) is 4.80. The Morgan fingerprint density at radius 3 is 2.93 bits per heavy atom. The standard InChI is InChI=1S/C12H13BrFN/c1-3-11(4-2)15-8-9-7-10(13)5-6-12(9)14/h1,5-7,11,15H,4,8H2,2H3. The molecule has 0 aliphatic carbocycles. The van der Waals surface area contributed by atoms with Crippen molar-refractivity contribution in [2.75, 3.05) is 0 Å². The molecule has 0 aliphatic rings. The first-order valence-corrected chi connectivity index (χ1v) is 5.60. The summed E-state index contributed by atoms with van der Waals surface area (Å²) in [5.74, 6) is 2.40. The minimum Gasteiger partial charge on any atom is -0.299 e. The van der Waals surface area contributed by atoms with Crippen molar-refractivity contribution in [3.63, 3.8) is 0 Å². The lowest BCUT2D eigenvalue weighted by atomic mass is 10.2. The molecule has 1 unspecified atom stereocenters. The quantitative estimate of drug-likeness (QED) is 0.829. The van der Waals surface area contributed by atoms with Gasteiger partial charge in [0.1, 0.15) is 5.82 Å². The lowest BCUT2D eigenvalue weighted by Gasteiger charge is -2.11. The van der Waals surface area contributed by atoms with Gasteiger partial charge in [0, 0.05) is 16.6 Å². The smallest absolute Gasteiger partial charge is 0.127 e. The van der Waals surface area contributed by atoms with Gasteiger partial charge in [-0.25, -0.2) is 4.39 Å². The zero-order valence-electron chi connectivity index (χ0n) is 8.56. The van der Waals surface area contributed by atoms with E-state index in [9.17, 15) is 4.39 Å². The van der Waals surface area contributed by atoms with E-state index in [1.165, 1.54) is 6.07 Å². The van der Waals surface area contributed by atoms with Crippen molar-refractivity contribution in [1.29, 1.82) is 0 Å². The zero-order valence-corrected chi connectivity index (χ0v) is 10.1. The van der Waals surface area contributed by atoms with Crippen LogP contribution in [-0.2, 0) is 6.54 Å². The van der Waals surface area contributed by atoms with Gasteiger partial charge in [-0.15, -0.1) is 6.42 Å². The molecule has 0 spiro atoms. The summed E-state index contributed by atoms with van der Waals surface area (Å²) in [6.45, 7) is 2.45. The Morgan fingerprint density at radius 2 is 2.33 bits per heavy atom. The second-order valence-corrected chi connectivity index (χ2v) is 4.16. The third-order valence-corrected chi connectivity index (χ3v) is 2.65. The van der Waals surface area contributed by atoms with Gasteiger partial charge in [0.25, 0.3) is 0 Å². The molecule has 0 saturated carbocycles. The molecular weight excluding hydrogens is 257 g/mol. The van der Waals surface area contributed by atoms with Crippen LogP contribution >= 0.6 is 15.9 Å². The van der Waals surface area contributed by atoms with Crippen molar-refractivity contribution in [2.24, 2.45) is 0 Å². The molecule has 0 fully saturated rings. The average Bonchev–Trinajstić information content (AvgIpc) is 2.24. The molecule has 15 heavy (non-hydrogen) atoms. The van der Waals surface area contributed by atoms with Crippen molar-refractivity contribution >= 4 is 15.9 Å². The third-order valence-electron chi connectivity index (χ3n) is 2.16. The number of rotatable bonds is 4. The van der Waals surface area contributed by atoms with E-state index in [4.69, 9.17) is 6.42 Å². The van der Waals surface area contributed by atoms with E-state index in [0.717, 1.165) is 10.9 Å². The second kappa shape index (κ2) is 5.89. The summed E-state index contributed by atoms with van der Waals surface area (Å²) in [6, 6.07) is 4.88. The maximum absolute atomic E-state index is 13.3. The normalized spacial score (nSPS) is 12.1. The molecule has 0 saturated heterocycles. The van der Waals surface area contributed by atoms with Gasteiger partial charge in [0.2, 0.25) is 0 Å². The molecule has 0 radical (unpaired) electrons. The molecule has 1 aromatic carbocycles. The number of halogens is 2. The van der Waals surface area contributed by atoms with Crippen LogP contribution in [0.2, 0.25) is 0 Å². The molecule has 3 heteroatoms. The fourth-order valence-corrected chi connectivity index (χ4v) is 1.64. The van der Waals surface area contributed by atoms with Gasteiger partial charge in [0.05, 0.1) is 6.04 Å². The van der Waals surface area contributed by atoms with Crippen LogP contribution in [0.3, 0.4) is 0 Å². The average molecular weight is 270 g/mol. The van der Waals surface area contributed by atoms with Crippen molar-refractivity contribution in [1.82, 2.24) is 5.32 Å². The van der Waals surface area contributed by atoms with Gasteiger partial charge >= 0.3 is 0 Å². The van der Waals surface area contributed by atoms with E-state index in [0.29, 0.717) is 12.1 Å². The summed E-state index contributed by atoms with van der Waals surface area (Å²) in [5, 5.41) is 3.11. The van der Waals surface area contributed by atoms with Gasteiger partial charge in [-0.1, -0.05) is 28.8 Å². The van der Waals surface area contributed by atoms with E-state index < -0.39 is 0 Å². The maximum Gasteiger partial charge on any atom is 0.127 e. The maximum atomic E-state index is 13.3. The van der Waals surface area contributed by atoms with Gasteiger partial charge < -0.3 is 0 Å². The molecule has 0 heterocycles. The van der Waals surface area contributed by atoms with Gasteiger partial charge in [0.15, 0.2) is 0 Å². The van der Waals surface area contributed by atoms with Crippen LogP contribution in [0.15, 0.2) is 22.7 Å². The SMILES string of the molecule is C#CC(CC)NCc1cc(Br)ccc1F. The molecule has 1 atom stereocenters. The van der Waals surface area contributed by atoms with Crippen molar-refractivity contribution < 1.29 is 4.39 Å². The molecule has 1 nitrogen and oxygen atoms in total. The van der Waals surface area contributed by atoms with Crippen molar-refractivity contribution in [2.45, 2.75) is 25.9 Å². The van der Waals surface area contributed by atoms with Crippen molar-refractivity contribution in [3.8, 4) is 12.3 Å². The highest BCUT2D eigenvalue weighted by Gasteiger charge is 2.05. The topological polar surface area (TPSA) is 12.0 Å². The Morgan fingerprint density at radius 1 is 1.60 bits per heavy atom. The largest absolute Gasteiger partial charge is 0.299 e. The summed E-state index contributed by atoms with van der Waals surface area (Å²) in [5.41, 5.74) is 0.623. The van der Waals surface area contributed by atoms with E-state index in [1.54, 1.807) is 12.1 Å². The summed E-state index contributed by atoms with van der Waals surface area (Å²) >= 11 is 3.30. The lowest BCUT2D eigenvalue weighted by Crippen LogP contribution is -2.26.